The fraction of sp³-hybridized carbons (Fsp3) is 0.588. The minimum absolute atomic E-state index is 0.0767. The van der Waals surface area contributed by atoms with Gasteiger partial charge in [-0.3, -0.25) is 0 Å². The highest BCUT2D eigenvalue weighted by Crippen LogP contribution is 2.38. The van der Waals surface area contributed by atoms with Crippen LogP contribution in [0.15, 0.2) is 18.2 Å². The predicted octanol–water partition coefficient (Wildman–Crippen LogP) is 4.03. The molecule has 0 fully saturated rings. The van der Waals surface area contributed by atoms with Crippen LogP contribution in [0, 0.1) is 0 Å². The number of rotatable bonds is 5. The Kier molecular flexibility index (Phi) is 7.35. The summed E-state index contributed by atoms with van der Waals surface area (Å²) in [7, 11) is 0. The Balaban J connectivity index is 2.89. The van der Waals surface area contributed by atoms with Crippen molar-refractivity contribution in [2.45, 2.75) is 57.4 Å². The predicted molar refractivity (Wildman–Crippen MR) is 86.3 cm³/mol. The summed E-state index contributed by atoms with van der Waals surface area (Å²) in [4.78, 5) is 11.5. The van der Waals surface area contributed by atoms with Gasteiger partial charge in [0.25, 0.3) is 0 Å². The van der Waals surface area contributed by atoms with E-state index in [1.807, 2.05) is 0 Å². The van der Waals surface area contributed by atoms with Crippen LogP contribution in [-0.2, 0) is 17.1 Å². The van der Waals surface area contributed by atoms with Gasteiger partial charge in [0.15, 0.2) is 0 Å². The first-order valence-electron chi connectivity index (χ1n) is 8.13. The van der Waals surface area contributed by atoms with Gasteiger partial charge in [0.2, 0.25) is 0 Å². The van der Waals surface area contributed by atoms with E-state index in [1.165, 1.54) is 0 Å². The van der Waals surface area contributed by atoms with Crippen LogP contribution in [0.25, 0.3) is 0 Å². The van der Waals surface area contributed by atoms with Crippen LogP contribution in [0.4, 0.5) is 31.1 Å². The maximum absolute atomic E-state index is 12.9. The summed E-state index contributed by atoms with van der Waals surface area (Å²) >= 11 is 0. The third-order valence-electron chi connectivity index (χ3n) is 3.42. The van der Waals surface area contributed by atoms with E-state index in [2.05, 4.69) is 5.32 Å². The zero-order valence-corrected chi connectivity index (χ0v) is 15.3. The minimum atomic E-state index is -5.07. The smallest absolute Gasteiger partial charge is 0.416 e. The first-order valence-corrected chi connectivity index (χ1v) is 8.13. The van der Waals surface area contributed by atoms with Crippen LogP contribution >= 0.6 is 0 Å². The fourth-order valence-electron chi connectivity index (χ4n) is 2.17. The summed E-state index contributed by atoms with van der Waals surface area (Å²) in [6.45, 7) is 4.60. The lowest BCUT2D eigenvalue weighted by molar-refractivity contribution is -0.143. The third kappa shape index (κ3) is 7.55. The lowest BCUT2D eigenvalue weighted by Crippen LogP contribution is -2.34. The van der Waals surface area contributed by atoms with E-state index in [-0.39, 0.29) is 19.0 Å². The Morgan fingerprint density at radius 3 is 1.86 bits per heavy atom. The Labute approximate surface area is 157 Å². The SMILES string of the molecule is CC(C)(C)OC(=O)NCCC(O)C(O)c1cc(C(F)(F)F)cc(C(F)(F)F)c1. The number of aliphatic hydroxyl groups excluding tert-OH is 2. The summed E-state index contributed by atoms with van der Waals surface area (Å²) in [5.41, 5.74) is -4.73. The molecule has 0 spiro atoms. The Bertz CT molecular complexity index is 649. The van der Waals surface area contributed by atoms with Crippen molar-refractivity contribution in [3.8, 4) is 0 Å². The highest BCUT2D eigenvalue weighted by Gasteiger charge is 2.38. The summed E-state index contributed by atoms with van der Waals surface area (Å²) in [5.74, 6) is 0. The maximum atomic E-state index is 12.9. The largest absolute Gasteiger partial charge is 0.444 e. The van der Waals surface area contributed by atoms with Crippen molar-refractivity contribution in [2.75, 3.05) is 6.54 Å². The molecule has 1 aromatic carbocycles. The van der Waals surface area contributed by atoms with Crippen LogP contribution in [-0.4, -0.2) is 34.6 Å². The van der Waals surface area contributed by atoms with Gasteiger partial charge in [-0.05, 0) is 51.0 Å². The van der Waals surface area contributed by atoms with E-state index in [0.717, 1.165) is 0 Å². The van der Waals surface area contributed by atoms with E-state index < -0.39 is 52.9 Å². The molecule has 1 aromatic rings. The second-order valence-corrected chi connectivity index (χ2v) is 7.07. The quantitative estimate of drug-likeness (QED) is 0.632. The van der Waals surface area contributed by atoms with Gasteiger partial charge in [-0.2, -0.15) is 26.3 Å². The maximum Gasteiger partial charge on any atom is 0.416 e. The molecule has 160 valence electrons. The number of aliphatic hydroxyl groups is 2. The first-order chi connectivity index (χ1) is 12.5. The highest BCUT2D eigenvalue weighted by atomic mass is 19.4. The molecule has 0 saturated carbocycles. The molecule has 0 heterocycles. The average Bonchev–Trinajstić information content (AvgIpc) is 2.50. The summed E-state index contributed by atoms with van der Waals surface area (Å²) in [5, 5.41) is 22.1. The molecule has 1 rings (SSSR count). The minimum Gasteiger partial charge on any atom is -0.444 e. The van der Waals surface area contributed by atoms with Crippen molar-refractivity contribution in [3.63, 3.8) is 0 Å². The number of nitrogens with one attached hydrogen (secondary N) is 1. The summed E-state index contributed by atoms with van der Waals surface area (Å²) in [6.07, 6.45) is -15.0. The van der Waals surface area contributed by atoms with E-state index in [1.54, 1.807) is 20.8 Å². The number of amides is 1. The molecular weight excluding hydrogens is 396 g/mol. The Hall–Kier alpha value is -2.01. The standard InChI is InChI=1S/C17H21F6NO4/c1-15(2,3)28-14(27)24-5-4-12(25)13(26)9-6-10(16(18,19)20)8-11(7-9)17(21,22)23/h6-8,12-13,25-26H,4-5H2,1-3H3,(H,24,27). The highest BCUT2D eigenvalue weighted by molar-refractivity contribution is 5.67. The Morgan fingerprint density at radius 1 is 1.00 bits per heavy atom. The summed E-state index contributed by atoms with van der Waals surface area (Å²) in [6, 6.07) is 0.599. The molecule has 0 aliphatic heterocycles. The van der Waals surface area contributed by atoms with Gasteiger partial charge in [0.05, 0.1) is 17.2 Å². The van der Waals surface area contributed by atoms with Gasteiger partial charge in [0.1, 0.15) is 11.7 Å². The molecule has 0 aliphatic carbocycles. The number of carbonyl (C=O) groups excluding carboxylic acids is 1. The lowest BCUT2D eigenvalue weighted by atomic mass is 9.97. The van der Waals surface area contributed by atoms with Gasteiger partial charge in [0, 0.05) is 6.54 Å². The van der Waals surface area contributed by atoms with Gasteiger partial charge in [-0.25, -0.2) is 4.79 Å². The molecule has 2 unspecified atom stereocenters. The van der Waals surface area contributed by atoms with Crippen LogP contribution in [0.2, 0.25) is 0 Å². The van der Waals surface area contributed by atoms with Crippen LogP contribution in [0.5, 0.6) is 0 Å². The molecule has 11 heteroatoms. The van der Waals surface area contributed by atoms with Crippen molar-refractivity contribution < 1.29 is 46.1 Å². The van der Waals surface area contributed by atoms with E-state index in [4.69, 9.17) is 4.74 Å². The van der Waals surface area contributed by atoms with Crippen molar-refractivity contribution in [2.24, 2.45) is 0 Å². The van der Waals surface area contributed by atoms with Crippen molar-refractivity contribution in [1.82, 2.24) is 5.32 Å². The molecule has 5 nitrogen and oxygen atoms in total. The molecule has 0 aliphatic rings. The normalized spacial score (nSPS) is 15.1. The van der Waals surface area contributed by atoms with Crippen molar-refractivity contribution in [1.29, 1.82) is 0 Å². The van der Waals surface area contributed by atoms with Crippen LogP contribution in [0.1, 0.15) is 50.0 Å². The monoisotopic (exact) mass is 417 g/mol. The molecule has 1 amide bonds. The third-order valence-corrected chi connectivity index (χ3v) is 3.42. The molecule has 2 atom stereocenters. The zero-order chi connectivity index (χ0) is 21.9. The second kappa shape index (κ2) is 8.56. The van der Waals surface area contributed by atoms with Gasteiger partial charge in [-0.1, -0.05) is 0 Å². The topological polar surface area (TPSA) is 78.8 Å². The van der Waals surface area contributed by atoms with Crippen molar-refractivity contribution in [3.05, 3.63) is 34.9 Å². The lowest BCUT2D eigenvalue weighted by Gasteiger charge is -2.22. The number of ether oxygens (including phenoxy) is 1. The van der Waals surface area contributed by atoms with E-state index in [9.17, 15) is 41.4 Å². The number of hydrogen-bond donors (Lipinski definition) is 3. The van der Waals surface area contributed by atoms with Crippen molar-refractivity contribution >= 4 is 6.09 Å². The number of hydrogen-bond acceptors (Lipinski definition) is 4. The zero-order valence-electron chi connectivity index (χ0n) is 15.3. The van der Waals surface area contributed by atoms with Crippen LogP contribution in [0.3, 0.4) is 0 Å². The second-order valence-electron chi connectivity index (χ2n) is 7.07. The van der Waals surface area contributed by atoms with E-state index in [0.29, 0.717) is 12.1 Å². The van der Waals surface area contributed by atoms with Crippen LogP contribution < -0.4 is 5.32 Å². The fourth-order valence-corrected chi connectivity index (χ4v) is 2.17. The molecule has 0 radical (unpaired) electrons. The Morgan fingerprint density at radius 2 is 1.46 bits per heavy atom. The van der Waals surface area contributed by atoms with Gasteiger partial charge >= 0.3 is 18.4 Å². The number of benzene rings is 1. The molecule has 28 heavy (non-hydrogen) atoms. The molecular formula is C17H21F6NO4. The van der Waals surface area contributed by atoms with Gasteiger partial charge in [-0.15, -0.1) is 0 Å². The molecule has 3 N–H and O–H groups in total. The molecule has 0 bridgehead atoms. The number of alkyl carbamates (subject to hydrolysis) is 1. The number of alkyl halides is 6. The molecule has 0 saturated heterocycles. The number of carbonyl (C=O) groups is 1. The average molecular weight is 417 g/mol. The number of halogens is 6. The van der Waals surface area contributed by atoms with Gasteiger partial charge < -0.3 is 20.3 Å². The van der Waals surface area contributed by atoms with E-state index >= 15 is 0 Å². The summed E-state index contributed by atoms with van der Waals surface area (Å²) < 4.78 is 82.1. The molecule has 0 aromatic heterocycles. The first kappa shape index (κ1) is 24.0.